The third kappa shape index (κ3) is 6.24. The number of hydrogen-bond acceptors (Lipinski definition) is 5. The molecule has 13 heteroatoms. The molecule has 0 aliphatic heterocycles. The summed E-state index contributed by atoms with van der Waals surface area (Å²) in [6.07, 6.45) is 2.70. The summed E-state index contributed by atoms with van der Waals surface area (Å²) in [5.74, 6) is -3.15. The second-order valence-corrected chi connectivity index (χ2v) is 11.1. The lowest BCUT2D eigenvalue weighted by Crippen LogP contribution is -2.45. The van der Waals surface area contributed by atoms with Crippen LogP contribution in [-0.2, 0) is 11.0 Å². The van der Waals surface area contributed by atoms with Crippen molar-refractivity contribution in [1.29, 1.82) is 0 Å². The van der Waals surface area contributed by atoms with Gasteiger partial charge in [0.25, 0.3) is 5.91 Å². The normalized spacial score (nSPS) is 21.1. The van der Waals surface area contributed by atoms with Crippen LogP contribution in [0.4, 0.5) is 13.2 Å². The van der Waals surface area contributed by atoms with Gasteiger partial charge in [-0.2, -0.15) is 18.3 Å². The number of amides is 1. The molecule has 0 radical (unpaired) electrons. The Bertz CT molecular complexity index is 1220. The van der Waals surface area contributed by atoms with E-state index in [1.165, 1.54) is 17.3 Å². The van der Waals surface area contributed by atoms with Gasteiger partial charge in [-0.1, -0.05) is 36.0 Å². The number of carboxylic acid groups (broad SMARTS) is 1. The zero-order chi connectivity index (χ0) is 28.5. The second kappa shape index (κ2) is 11.8. The van der Waals surface area contributed by atoms with Gasteiger partial charge in [-0.05, 0) is 51.4 Å². The molecule has 0 spiro atoms. The van der Waals surface area contributed by atoms with E-state index in [2.05, 4.69) is 10.1 Å². The molecule has 212 valence electrons. The summed E-state index contributed by atoms with van der Waals surface area (Å²) in [4.78, 5) is 43.4. The topological polar surface area (TPSA) is 105 Å². The predicted octanol–water partition coefficient (Wildman–Crippen LogP) is 6.32. The predicted molar refractivity (Wildman–Crippen MR) is 137 cm³/mol. The Morgan fingerprint density at radius 3 is 2.18 bits per heavy atom. The number of carboxylic acids is 1. The highest BCUT2D eigenvalue weighted by Gasteiger charge is 2.44. The number of rotatable bonds is 8. The first kappa shape index (κ1) is 29.3. The molecular formula is C26H29Cl2F3N4O4. The minimum absolute atomic E-state index is 0.0146. The number of alkyl halides is 3. The number of aromatic nitrogens is 3. The van der Waals surface area contributed by atoms with E-state index in [9.17, 15) is 32.7 Å². The van der Waals surface area contributed by atoms with Crippen molar-refractivity contribution in [2.24, 2.45) is 11.8 Å². The van der Waals surface area contributed by atoms with Crippen molar-refractivity contribution in [3.8, 4) is 0 Å². The standard InChI is InChI=1S/C26H29Cl2F3N4O4/c1-14(15-4-2-3-5-15)34(13-21(36)22-19(27)11-32-12-20(22)28)24(37)18-10-33-35(23(18)26(29,30)31)17-8-6-16(7-9-17)25(38)39/h10-12,14-17H,2-9,13H2,1H3,(H,38,39). The van der Waals surface area contributed by atoms with Crippen molar-refractivity contribution in [2.45, 2.75) is 76.6 Å². The lowest BCUT2D eigenvalue weighted by molar-refractivity contribution is -0.147. The van der Waals surface area contributed by atoms with Gasteiger partial charge in [-0.15, -0.1) is 0 Å². The summed E-state index contributed by atoms with van der Waals surface area (Å²) in [7, 11) is 0. The number of carbonyl (C=O) groups excluding carboxylic acids is 2. The van der Waals surface area contributed by atoms with Gasteiger partial charge in [-0.3, -0.25) is 24.0 Å². The molecule has 2 aromatic heterocycles. The van der Waals surface area contributed by atoms with E-state index in [0.717, 1.165) is 36.6 Å². The fourth-order valence-electron chi connectivity index (χ4n) is 5.81. The number of halogens is 5. The summed E-state index contributed by atoms with van der Waals surface area (Å²) in [6.45, 7) is 1.22. The number of carbonyl (C=O) groups is 3. The third-order valence-corrected chi connectivity index (χ3v) is 8.54. The number of Topliss-reactive ketones (excluding diaryl/α,β-unsaturated/α-hetero) is 1. The van der Waals surface area contributed by atoms with Gasteiger partial charge in [0, 0.05) is 18.4 Å². The van der Waals surface area contributed by atoms with E-state index in [1.54, 1.807) is 6.92 Å². The molecular weight excluding hydrogens is 560 g/mol. The minimum atomic E-state index is -4.91. The van der Waals surface area contributed by atoms with Gasteiger partial charge < -0.3 is 10.0 Å². The van der Waals surface area contributed by atoms with Crippen molar-refractivity contribution in [3.05, 3.63) is 45.5 Å². The van der Waals surface area contributed by atoms with Crippen molar-refractivity contribution in [2.75, 3.05) is 6.54 Å². The van der Waals surface area contributed by atoms with Gasteiger partial charge in [0.1, 0.15) is 0 Å². The van der Waals surface area contributed by atoms with Crippen LogP contribution in [-0.4, -0.2) is 55.0 Å². The summed E-state index contributed by atoms with van der Waals surface area (Å²) in [5, 5.41) is 13.2. The lowest BCUT2D eigenvalue weighted by Gasteiger charge is -2.33. The number of pyridine rings is 1. The third-order valence-electron chi connectivity index (χ3n) is 7.97. The molecule has 39 heavy (non-hydrogen) atoms. The minimum Gasteiger partial charge on any atom is -0.481 e. The molecule has 1 unspecified atom stereocenters. The summed E-state index contributed by atoms with van der Waals surface area (Å²) >= 11 is 12.3. The van der Waals surface area contributed by atoms with Gasteiger partial charge in [0.2, 0.25) is 0 Å². The van der Waals surface area contributed by atoms with E-state index in [4.69, 9.17) is 23.2 Å². The second-order valence-electron chi connectivity index (χ2n) is 10.3. The Hall–Kier alpha value is -2.66. The summed E-state index contributed by atoms with van der Waals surface area (Å²) < 4.78 is 44.1. The largest absolute Gasteiger partial charge is 0.481 e. The van der Waals surface area contributed by atoms with Gasteiger partial charge in [0.15, 0.2) is 11.5 Å². The van der Waals surface area contributed by atoms with Crippen molar-refractivity contribution in [1.82, 2.24) is 19.7 Å². The average Bonchev–Trinajstić information content (AvgIpc) is 3.57. The van der Waals surface area contributed by atoms with E-state index in [0.29, 0.717) is 0 Å². The Morgan fingerprint density at radius 2 is 1.64 bits per heavy atom. The van der Waals surface area contributed by atoms with Crippen molar-refractivity contribution >= 4 is 40.9 Å². The van der Waals surface area contributed by atoms with Crippen molar-refractivity contribution in [3.63, 3.8) is 0 Å². The first-order chi connectivity index (χ1) is 18.4. The molecule has 8 nitrogen and oxygen atoms in total. The Balaban J connectivity index is 1.69. The van der Waals surface area contributed by atoms with Crippen LogP contribution in [0.25, 0.3) is 0 Å². The lowest BCUT2D eigenvalue weighted by atomic mass is 9.86. The molecule has 0 aromatic carbocycles. The maximum Gasteiger partial charge on any atom is 0.433 e. The molecule has 0 saturated heterocycles. The highest BCUT2D eigenvalue weighted by Crippen LogP contribution is 2.40. The molecule has 2 saturated carbocycles. The molecule has 1 atom stereocenters. The van der Waals surface area contributed by atoms with Gasteiger partial charge in [0.05, 0.1) is 45.9 Å². The van der Waals surface area contributed by atoms with E-state index in [-0.39, 0.29) is 47.2 Å². The van der Waals surface area contributed by atoms with Crippen LogP contribution in [0.2, 0.25) is 10.0 Å². The van der Waals surface area contributed by atoms with Crippen LogP contribution in [0.15, 0.2) is 18.6 Å². The Labute approximate surface area is 233 Å². The molecule has 2 fully saturated rings. The Morgan fingerprint density at radius 1 is 1.05 bits per heavy atom. The number of aliphatic carboxylic acids is 1. The van der Waals surface area contributed by atoms with Crippen LogP contribution in [0.1, 0.15) is 90.7 Å². The van der Waals surface area contributed by atoms with Crippen LogP contribution in [0.5, 0.6) is 0 Å². The fourth-order valence-corrected chi connectivity index (χ4v) is 6.38. The van der Waals surface area contributed by atoms with Gasteiger partial charge >= 0.3 is 12.1 Å². The maximum absolute atomic E-state index is 14.4. The van der Waals surface area contributed by atoms with Gasteiger partial charge in [-0.25, -0.2) is 0 Å². The zero-order valence-corrected chi connectivity index (χ0v) is 22.8. The summed E-state index contributed by atoms with van der Waals surface area (Å²) in [6, 6.07) is -1.23. The van der Waals surface area contributed by atoms with Crippen LogP contribution in [0, 0.1) is 11.8 Å². The molecule has 2 aliphatic rings. The number of nitrogens with zero attached hydrogens (tertiary/aromatic N) is 4. The Kier molecular flexibility index (Phi) is 8.90. The quantitative estimate of drug-likeness (QED) is 0.361. The molecule has 2 heterocycles. The van der Waals surface area contributed by atoms with E-state index >= 15 is 0 Å². The first-order valence-corrected chi connectivity index (χ1v) is 13.7. The highest BCUT2D eigenvalue weighted by atomic mass is 35.5. The van der Waals surface area contributed by atoms with Crippen molar-refractivity contribution < 1.29 is 32.7 Å². The molecule has 1 N–H and O–H groups in total. The van der Waals surface area contributed by atoms with E-state index in [1.807, 2.05) is 0 Å². The van der Waals surface area contributed by atoms with E-state index < -0.39 is 59.6 Å². The zero-order valence-electron chi connectivity index (χ0n) is 21.3. The van der Waals surface area contributed by atoms with Crippen LogP contribution in [0.3, 0.4) is 0 Å². The molecule has 2 aliphatic carbocycles. The highest BCUT2D eigenvalue weighted by molar-refractivity contribution is 6.39. The molecule has 0 bridgehead atoms. The molecule has 2 aromatic rings. The fraction of sp³-hybridized carbons (Fsp3) is 0.577. The molecule has 4 rings (SSSR count). The summed E-state index contributed by atoms with van der Waals surface area (Å²) in [5.41, 5.74) is -1.89. The van der Waals surface area contributed by atoms with Crippen LogP contribution < -0.4 is 0 Å². The monoisotopic (exact) mass is 588 g/mol. The first-order valence-electron chi connectivity index (χ1n) is 12.9. The number of ketones is 1. The SMILES string of the molecule is CC(C1CCCC1)N(CC(=O)c1c(Cl)cncc1Cl)C(=O)c1cnn(C2CCC(C(=O)O)CC2)c1C(F)(F)F. The van der Waals surface area contributed by atoms with Crippen LogP contribution >= 0.6 is 23.2 Å². The number of hydrogen-bond donors (Lipinski definition) is 1. The average molecular weight is 589 g/mol. The maximum atomic E-state index is 14.4. The molecule has 1 amide bonds. The smallest absolute Gasteiger partial charge is 0.433 e.